The summed E-state index contributed by atoms with van der Waals surface area (Å²) in [5.74, 6) is 0.359. The van der Waals surface area contributed by atoms with E-state index in [4.69, 9.17) is 0 Å². The highest BCUT2D eigenvalue weighted by atomic mass is 32.2. The number of H-pyrrole nitrogens is 1. The molecule has 0 radical (unpaired) electrons. The molecule has 0 saturated carbocycles. The molecule has 1 amide bonds. The lowest BCUT2D eigenvalue weighted by molar-refractivity contribution is -0.113. The van der Waals surface area contributed by atoms with Crippen LogP contribution in [-0.4, -0.2) is 37.0 Å². The molecule has 0 aliphatic rings. The van der Waals surface area contributed by atoms with Crippen molar-refractivity contribution in [2.45, 2.75) is 5.03 Å². The predicted octanol–water partition coefficient (Wildman–Crippen LogP) is 0.325. The maximum atomic E-state index is 11.4. The summed E-state index contributed by atoms with van der Waals surface area (Å²) in [6, 6.07) is 1.68. The molecule has 7 nitrogen and oxygen atoms in total. The Morgan fingerprint density at radius 2 is 2.25 bits per heavy atom. The van der Waals surface area contributed by atoms with Crippen LogP contribution < -0.4 is 5.32 Å². The van der Waals surface area contributed by atoms with Crippen molar-refractivity contribution < 1.29 is 4.79 Å². The van der Waals surface area contributed by atoms with Gasteiger partial charge in [0.25, 0.3) is 0 Å². The molecule has 0 atom stereocenters. The molecule has 0 bridgehead atoms. The quantitative estimate of drug-likeness (QED) is 0.742. The van der Waals surface area contributed by atoms with Crippen LogP contribution in [0.4, 0.5) is 5.95 Å². The molecule has 0 aliphatic heterocycles. The minimum atomic E-state index is -0.181. The lowest BCUT2D eigenvalue weighted by atomic mass is 10.6. The zero-order chi connectivity index (χ0) is 11.2. The number of thioether (sulfide) groups is 1. The highest BCUT2D eigenvalue weighted by molar-refractivity contribution is 7.99. The molecule has 82 valence electrons. The van der Waals surface area contributed by atoms with E-state index in [0.29, 0.717) is 11.0 Å². The van der Waals surface area contributed by atoms with Crippen molar-refractivity contribution in [1.82, 2.24) is 25.4 Å². The van der Waals surface area contributed by atoms with Crippen LogP contribution in [0.15, 0.2) is 29.7 Å². The number of nitrogens with zero attached hydrogens (tertiary/aromatic N) is 4. The first-order valence-electron chi connectivity index (χ1n) is 4.40. The molecule has 8 heteroatoms. The van der Waals surface area contributed by atoms with E-state index in [1.165, 1.54) is 11.8 Å². The normalized spacial score (nSPS) is 10.0. The van der Waals surface area contributed by atoms with Crippen molar-refractivity contribution in [3.8, 4) is 0 Å². The van der Waals surface area contributed by atoms with Gasteiger partial charge in [-0.2, -0.15) is 10.3 Å². The predicted molar refractivity (Wildman–Crippen MR) is 57.8 cm³/mol. The highest BCUT2D eigenvalue weighted by Crippen LogP contribution is 2.12. The molecule has 2 heterocycles. The molecule has 0 aliphatic carbocycles. The standard InChI is InChI=1S/C8H8N6OS/c15-6(5-16-7-4-11-14-13-7)12-8-9-2-1-3-10-8/h1-4H,5H2,(H,11,13,14)(H,9,10,12,15). The Kier molecular flexibility index (Phi) is 3.44. The second kappa shape index (κ2) is 5.21. The van der Waals surface area contributed by atoms with Gasteiger partial charge in [-0.05, 0) is 6.07 Å². The molecule has 0 saturated heterocycles. The summed E-state index contributed by atoms with van der Waals surface area (Å²) >= 11 is 1.28. The topological polar surface area (TPSA) is 96.5 Å². The molecule has 2 aromatic rings. The smallest absolute Gasteiger partial charge is 0.237 e. The van der Waals surface area contributed by atoms with Crippen LogP contribution in [0.2, 0.25) is 0 Å². The van der Waals surface area contributed by atoms with Gasteiger partial charge >= 0.3 is 0 Å². The summed E-state index contributed by atoms with van der Waals surface area (Å²) in [5, 5.41) is 13.1. The van der Waals surface area contributed by atoms with E-state index in [9.17, 15) is 4.79 Å². The number of carbonyl (C=O) groups excluding carboxylic acids is 1. The minimum absolute atomic E-state index is 0.181. The summed E-state index contributed by atoms with van der Waals surface area (Å²) < 4.78 is 0. The maximum absolute atomic E-state index is 11.4. The maximum Gasteiger partial charge on any atom is 0.237 e. The van der Waals surface area contributed by atoms with Gasteiger partial charge in [-0.25, -0.2) is 9.97 Å². The fraction of sp³-hybridized carbons (Fsp3) is 0.125. The van der Waals surface area contributed by atoms with Crippen LogP contribution >= 0.6 is 11.8 Å². The van der Waals surface area contributed by atoms with Crippen molar-refractivity contribution in [2.24, 2.45) is 0 Å². The minimum Gasteiger partial charge on any atom is -0.294 e. The summed E-state index contributed by atoms with van der Waals surface area (Å²) in [6.07, 6.45) is 4.68. The molecule has 16 heavy (non-hydrogen) atoms. The SMILES string of the molecule is O=C(CSc1cn[nH]n1)Nc1ncccn1. The molecule has 2 aromatic heterocycles. The van der Waals surface area contributed by atoms with Gasteiger partial charge < -0.3 is 0 Å². The average Bonchev–Trinajstić information content (AvgIpc) is 2.81. The monoisotopic (exact) mass is 236 g/mol. The van der Waals surface area contributed by atoms with E-state index in [1.807, 2.05) is 0 Å². The number of hydrogen-bond acceptors (Lipinski definition) is 6. The van der Waals surface area contributed by atoms with Gasteiger partial charge in [0, 0.05) is 12.4 Å². The Labute approximate surface area is 95.1 Å². The van der Waals surface area contributed by atoms with Gasteiger partial charge in [-0.1, -0.05) is 11.8 Å². The lowest BCUT2D eigenvalue weighted by Gasteiger charge is -2.00. The molecular formula is C8H8N6OS. The van der Waals surface area contributed by atoms with Crippen LogP contribution in [0.25, 0.3) is 0 Å². The van der Waals surface area contributed by atoms with Crippen LogP contribution in [-0.2, 0) is 4.79 Å². The Morgan fingerprint density at radius 1 is 1.44 bits per heavy atom. The zero-order valence-corrected chi connectivity index (χ0v) is 8.94. The Balaban J connectivity index is 1.81. The Bertz CT molecular complexity index is 445. The molecule has 0 aromatic carbocycles. The highest BCUT2D eigenvalue weighted by Gasteiger charge is 2.05. The molecule has 2 rings (SSSR count). The number of rotatable bonds is 4. The van der Waals surface area contributed by atoms with Crippen molar-refractivity contribution in [1.29, 1.82) is 0 Å². The van der Waals surface area contributed by atoms with Gasteiger partial charge in [-0.3, -0.25) is 10.1 Å². The summed E-state index contributed by atoms with van der Waals surface area (Å²) in [5.41, 5.74) is 0. The third-order valence-electron chi connectivity index (χ3n) is 1.56. The van der Waals surface area contributed by atoms with E-state index >= 15 is 0 Å². The van der Waals surface area contributed by atoms with Crippen molar-refractivity contribution in [3.05, 3.63) is 24.7 Å². The van der Waals surface area contributed by atoms with E-state index in [1.54, 1.807) is 24.7 Å². The second-order valence-corrected chi connectivity index (χ2v) is 3.71. The number of hydrogen-bond donors (Lipinski definition) is 2. The van der Waals surface area contributed by atoms with Crippen LogP contribution in [0.3, 0.4) is 0 Å². The van der Waals surface area contributed by atoms with E-state index in [0.717, 1.165) is 0 Å². The number of aromatic amines is 1. The number of anilines is 1. The number of carbonyl (C=O) groups is 1. The number of aromatic nitrogens is 5. The first kappa shape index (κ1) is 10.6. The average molecular weight is 236 g/mol. The largest absolute Gasteiger partial charge is 0.294 e. The molecule has 2 N–H and O–H groups in total. The molecule has 0 unspecified atom stereocenters. The third kappa shape index (κ3) is 3.02. The van der Waals surface area contributed by atoms with E-state index in [2.05, 4.69) is 30.7 Å². The van der Waals surface area contributed by atoms with Crippen molar-refractivity contribution in [3.63, 3.8) is 0 Å². The summed E-state index contributed by atoms with van der Waals surface area (Å²) in [4.78, 5) is 19.2. The Hall–Kier alpha value is -1.96. The molecular weight excluding hydrogens is 228 g/mol. The fourth-order valence-electron chi connectivity index (χ4n) is 0.925. The van der Waals surface area contributed by atoms with Gasteiger partial charge in [0.15, 0.2) is 0 Å². The van der Waals surface area contributed by atoms with Crippen LogP contribution in [0.1, 0.15) is 0 Å². The molecule has 0 fully saturated rings. The fourth-order valence-corrected chi connectivity index (χ4v) is 1.51. The first-order chi connectivity index (χ1) is 7.84. The molecule has 0 spiro atoms. The van der Waals surface area contributed by atoms with Crippen molar-refractivity contribution in [2.75, 3.05) is 11.1 Å². The second-order valence-electron chi connectivity index (χ2n) is 2.72. The third-order valence-corrected chi connectivity index (χ3v) is 2.46. The number of nitrogens with one attached hydrogen (secondary N) is 2. The van der Waals surface area contributed by atoms with Gasteiger partial charge in [0.05, 0.1) is 11.9 Å². The Morgan fingerprint density at radius 3 is 2.94 bits per heavy atom. The van der Waals surface area contributed by atoms with Gasteiger partial charge in [-0.15, -0.1) is 5.10 Å². The number of amides is 1. The summed E-state index contributed by atoms with van der Waals surface area (Å²) in [6.45, 7) is 0. The zero-order valence-electron chi connectivity index (χ0n) is 8.12. The summed E-state index contributed by atoms with van der Waals surface area (Å²) in [7, 11) is 0. The lowest BCUT2D eigenvalue weighted by Crippen LogP contribution is -2.15. The van der Waals surface area contributed by atoms with Gasteiger partial charge in [0.2, 0.25) is 11.9 Å². The van der Waals surface area contributed by atoms with Crippen molar-refractivity contribution >= 4 is 23.6 Å². The van der Waals surface area contributed by atoms with E-state index < -0.39 is 0 Å². The van der Waals surface area contributed by atoms with Crippen LogP contribution in [0.5, 0.6) is 0 Å². The van der Waals surface area contributed by atoms with Crippen LogP contribution in [0, 0.1) is 0 Å². The van der Waals surface area contributed by atoms with E-state index in [-0.39, 0.29) is 11.7 Å². The van der Waals surface area contributed by atoms with Gasteiger partial charge in [0.1, 0.15) is 5.03 Å². The first-order valence-corrected chi connectivity index (χ1v) is 5.38.